The molecule has 0 aliphatic rings. The van der Waals surface area contributed by atoms with Crippen LogP contribution in [0.5, 0.6) is 0 Å². The van der Waals surface area contributed by atoms with Gasteiger partial charge >= 0.3 is 12.0 Å². The largest absolute Gasteiger partial charge is 0.478 e. The van der Waals surface area contributed by atoms with Gasteiger partial charge in [0.1, 0.15) is 5.82 Å². The predicted octanol–water partition coefficient (Wildman–Crippen LogP) is 1.22. The van der Waals surface area contributed by atoms with Crippen molar-refractivity contribution < 1.29 is 23.9 Å². The van der Waals surface area contributed by atoms with Crippen LogP contribution in [0.4, 0.5) is 9.18 Å². The minimum atomic E-state index is -1.28. The first-order valence-corrected chi connectivity index (χ1v) is 6.13. The lowest BCUT2D eigenvalue weighted by atomic mass is 10.1. The Labute approximate surface area is 120 Å². The second kappa shape index (κ2) is 7.78. The molecule has 1 aromatic rings. The van der Waals surface area contributed by atoms with Gasteiger partial charge in [-0.3, -0.25) is 10.1 Å². The van der Waals surface area contributed by atoms with E-state index in [1.165, 1.54) is 12.1 Å². The van der Waals surface area contributed by atoms with E-state index in [1.807, 2.05) is 5.32 Å². The molecule has 1 atom stereocenters. The molecule has 112 valence electrons. The van der Waals surface area contributed by atoms with Gasteiger partial charge in [-0.15, -0.1) is 0 Å². The van der Waals surface area contributed by atoms with Crippen molar-refractivity contribution in [3.8, 4) is 0 Å². The third-order valence-corrected chi connectivity index (χ3v) is 2.45. The second-order valence-corrected chi connectivity index (χ2v) is 4.37. The van der Waals surface area contributed by atoms with Crippen LogP contribution in [0.1, 0.15) is 12.5 Å². The van der Waals surface area contributed by atoms with Crippen molar-refractivity contribution >= 4 is 17.9 Å². The van der Waals surface area contributed by atoms with Gasteiger partial charge in [0.15, 0.2) is 0 Å². The minimum absolute atomic E-state index is 0.285. The Hall–Kier alpha value is -2.70. The molecule has 0 spiro atoms. The number of rotatable bonds is 5. The molecule has 6 nitrogen and oxygen atoms in total. The number of carbonyl (C=O) groups is 3. The number of urea groups is 1. The summed E-state index contributed by atoms with van der Waals surface area (Å²) in [5, 5.41) is 12.8. The van der Waals surface area contributed by atoms with Crippen LogP contribution in [0.25, 0.3) is 0 Å². The number of carbonyl (C=O) groups excluding carboxylic acids is 2. The van der Waals surface area contributed by atoms with Gasteiger partial charge in [-0.05, 0) is 31.0 Å². The van der Waals surface area contributed by atoms with E-state index in [0.717, 1.165) is 11.6 Å². The quantitative estimate of drug-likeness (QED) is 0.712. The highest BCUT2D eigenvalue weighted by molar-refractivity contribution is 6.02. The second-order valence-electron chi connectivity index (χ2n) is 4.37. The number of hydrogen-bond donors (Lipinski definition) is 3. The first kappa shape index (κ1) is 16.4. The van der Waals surface area contributed by atoms with Crippen LogP contribution in [-0.2, 0) is 16.0 Å². The number of halogens is 1. The van der Waals surface area contributed by atoms with Gasteiger partial charge in [-0.2, -0.15) is 0 Å². The highest BCUT2D eigenvalue weighted by Gasteiger charge is 2.10. The van der Waals surface area contributed by atoms with E-state index < -0.39 is 17.9 Å². The number of imide groups is 1. The van der Waals surface area contributed by atoms with E-state index in [1.54, 1.807) is 19.1 Å². The summed E-state index contributed by atoms with van der Waals surface area (Å²) in [5.41, 5.74) is 0.835. The molecule has 0 aliphatic heterocycles. The maximum Gasteiger partial charge on any atom is 0.328 e. The lowest BCUT2D eigenvalue weighted by Crippen LogP contribution is -2.43. The summed E-state index contributed by atoms with van der Waals surface area (Å²) < 4.78 is 12.7. The number of benzene rings is 1. The van der Waals surface area contributed by atoms with Crippen LogP contribution >= 0.6 is 0 Å². The lowest BCUT2D eigenvalue weighted by Gasteiger charge is -2.13. The fourth-order valence-electron chi connectivity index (χ4n) is 1.59. The van der Waals surface area contributed by atoms with Gasteiger partial charge in [0.2, 0.25) is 0 Å². The van der Waals surface area contributed by atoms with Crippen LogP contribution in [0.3, 0.4) is 0 Å². The topological polar surface area (TPSA) is 95.5 Å². The summed E-state index contributed by atoms with van der Waals surface area (Å²) in [6.07, 6.45) is 1.84. The van der Waals surface area contributed by atoms with Gasteiger partial charge in [0.05, 0.1) is 0 Å². The lowest BCUT2D eigenvalue weighted by molar-refractivity contribution is -0.131. The highest BCUT2D eigenvalue weighted by Crippen LogP contribution is 2.05. The van der Waals surface area contributed by atoms with Crippen molar-refractivity contribution in [2.24, 2.45) is 0 Å². The molecule has 0 aliphatic carbocycles. The fourth-order valence-corrected chi connectivity index (χ4v) is 1.59. The number of carboxylic acid groups (broad SMARTS) is 1. The van der Waals surface area contributed by atoms with Crippen LogP contribution in [0, 0.1) is 5.82 Å². The molecule has 3 N–H and O–H groups in total. The normalized spacial score (nSPS) is 11.9. The molecule has 0 radical (unpaired) electrons. The average molecular weight is 294 g/mol. The molecule has 21 heavy (non-hydrogen) atoms. The SMILES string of the molecule is CC(Cc1ccc(F)cc1)NC(=O)NC(=O)C=CC(=O)O. The van der Waals surface area contributed by atoms with Crippen molar-refractivity contribution in [3.63, 3.8) is 0 Å². The van der Waals surface area contributed by atoms with Crippen LogP contribution in [0.2, 0.25) is 0 Å². The molecule has 0 fully saturated rings. The Morgan fingerprint density at radius 3 is 2.43 bits per heavy atom. The van der Waals surface area contributed by atoms with Crippen molar-refractivity contribution in [2.75, 3.05) is 0 Å². The Morgan fingerprint density at radius 2 is 1.86 bits per heavy atom. The summed E-state index contributed by atoms with van der Waals surface area (Å²) in [4.78, 5) is 32.8. The van der Waals surface area contributed by atoms with Crippen molar-refractivity contribution in [3.05, 3.63) is 47.8 Å². The zero-order valence-electron chi connectivity index (χ0n) is 11.3. The standard InChI is InChI=1S/C14H15FN2O4/c1-9(8-10-2-4-11(15)5-3-10)16-14(21)17-12(18)6-7-13(19)20/h2-7,9H,8H2,1H3,(H,19,20)(H2,16,17,18,21). The van der Waals surface area contributed by atoms with Crippen LogP contribution in [-0.4, -0.2) is 29.1 Å². The molecule has 0 saturated heterocycles. The van der Waals surface area contributed by atoms with Gasteiger partial charge in [0, 0.05) is 18.2 Å². The Balaban J connectivity index is 2.41. The summed E-state index contributed by atoms with van der Waals surface area (Å²) in [6.45, 7) is 1.72. The molecule has 0 bridgehead atoms. The Kier molecular flexibility index (Phi) is 6.06. The van der Waals surface area contributed by atoms with Gasteiger partial charge in [0.25, 0.3) is 5.91 Å². The van der Waals surface area contributed by atoms with Crippen molar-refractivity contribution in [1.82, 2.24) is 10.6 Å². The molecule has 7 heteroatoms. The predicted molar refractivity (Wildman–Crippen MR) is 73.0 cm³/mol. The first-order chi connectivity index (χ1) is 9.86. The fraction of sp³-hybridized carbons (Fsp3) is 0.214. The van der Waals surface area contributed by atoms with Gasteiger partial charge < -0.3 is 10.4 Å². The molecule has 3 amide bonds. The van der Waals surface area contributed by atoms with Crippen molar-refractivity contribution in [1.29, 1.82) is 0 Å². The number of hydrogen-bond acceptors (Lipinski definition) is 3. The number of aliphatic carboxylic acids is 1. The molecule has 0 heterocycles. The molecule has 0 aromatic heterocycles. The first-order valence-electron chi connectivity index (χ1n) is 6.13. The third kappa shape index (κ3) is 6.86. The maximum absolute atomic E-state index is 12.7. The van der Waals surface area contributed by atoms with E-state index in [-0.39, 0.29) is 11.9 Å². The van der Waals surface area contributed by atoms with Crippen molar-refractivity contribution in [2.45, 2.75) is 19.4 Å². The zero-order valence-corrected chi connectivity index (χ0v) is 11.3. The van der Waals surface area contributed by atoms with Gasteiger partial charge in [-0.25, -0.2) is 14.0 Å². The maximum atomic E-state index is 12.7. The van der Waals surface area contributed by atoms with E-state index in [2.05, 4.69) is 5.32 Å². The number of nitrogens with one attached hydrogen (secondary N) is 2. The number of amides is 3. The average Bonchev–Trinajstić information content (AvgIpc) is 2.38. The zero-order chi connectivity index (χ0) is 15.8. The van der Waals surface area contributed by atoms with Gasteiger partial charge in [-0.1, -0.05) is 12.1 Å². The molecular formula is C14H15FN2O4. The summed E-state index contributed by atoms with van der Waals surface area (Å²) in [6, 6.07) is 4.83. The summed E-state index contributed by atoms with van der Waals surface area (Å²) in [5.74, 6) is -2.45. The third-order valence-electron chi connectivity index (χ3n) is 2.45. The summed E-state index contributed by atoms with van der Waals surface area (Å²) >= 11 is 0. The number of carboxylic acids is 1. The Bertz CT molecular complexity index is 555. The summed E-state index contributed by atoms with van der Waals surface area (Å²) in [7, 11) is 0. The molecule has 0 saturated carbocycles. The van der Waals surface area contributed by atoms with Crippen LogP contribution in [0.15, 0.2) is 36.4 Å². The van der Waals surface area contributed by atoms with E-state index in [4.69, 9.17) is 5.11 Å². The molecular weight excluding hydrogens is 279 g/mol. The molecule has 1 rings (SSSR count). The highest BCUT2D eigenvalue weighted by atomic mass is 19.1. The van der Waals surface area contributed by atoms with E-state index in [9.17, 15) is 18.8 Å². The molecule has 1 aromatic carbocycles. The van der Waals surface area contributed by atoms with E-state index >= 15 is 0 Å². The smallest absolute Gasteiger partial charge is 0.328 e. The van der Waals surface area contributed by atoms with Crippen LogP contribution < -0.4 is 10.6 Å². The molecule has 1 unspecified atom stereocenters. The Morgan fingerprint density at radius 1 is 1.24 bits per heavy atom. The van der Waals surface area contributed by atoms with E-state index in [0.29, 0.717) is 12.5 Å². The minimum Gasteiger partial charge on any atom is -0.478 e. The monoisotopic (exact) mass is 294 g/mol.